The summed E-state index contributed by atoms with van der Waals surface area (Å²) in [5.74, 6) is -0.447. The quantitative estimate of drug-likeness (QED) is 0.472. The van der Waals surface area contributed by atoms with Gasteiger partial charge in [-0.2, -0.15) is 0 Å². The Balaban J connectivity index is 2.62. The molecule has 3 N–H and O–H groups in total. The van der Waals surface area contributed by atoms with Crippen molar-refractivity contribution in [3.63, 3.8) is 0 Å². The number of carbonyl (C=O) groups is 1. The Kier molecular flexibility index (Phi) is 5.22. The first-order chi connectivity index (χ1) is 8.54. The van der Waals surface area contributed by atoms with Gasteiger partial charge in [0.05, 0.1) is 24.1 Å². The van der Waals surface area contributed by atoms with Crippen LogP contribution in [0, 0.1) is 10.1 Å². The fourth-order valence-corrected chi connectivity index (χ4v) is 1.37. The lowest BCUT2D eigenvalue weighted by Crippen LogP contribution is -2.34. The molecule has 1 aromatic carbocycles. The maximum absolute atomic E-state index is 11.5. The topological polar surface area (TPSA) is 113 Å². The van der Waals surface area contributed by atoms with E-state index >= 15 is 0 Å². The van der Waals surface area contributed by atoms with Gasteiger partial charge < -0.3 is 15.5 Å². The lowest BCUT2D eigenvalue weighted by molar-refractivity contribution is -0.385. The van der Waals surface area contributed by atoms with E-state index in [9.17, 15) is 14.9 Å². The van der Waals surface area contributed by atoms with Gasteiger partial charge in [0.25, 0.3) is 5.69 Å². The minimum Gasteiger partial charge on any atom is -0.394 e. The lowest BCUT2D eigenvalue weighted by atomic mass is 10.1. The third kappa shape index (κ3) is 4.11. The number of para-hydroxylation sites is 1. The molecule has 1 aromatic rings. The number of benzene rings is 1. The zero-order chi connectivity index (χ0) is 13.5. The fourth-order valence-electron chi connectivity index (χ4n) is 1.37. The maximum Gasteiger partial charge on any atom is 0.273 e. The second-order valence-corrected chi connectivity index (χ2v) is 3.70. The van der Waals surface area contributed by atoms with Crippen molar-refractivity contribution in [2.24, 2.45) is 0 Å². The molecule has 18 heavy (non-hydrogen) atoms. The smallest absolute Gasteiger partial charge is 0.273 e. The van der Waals surface area contributed by atoms with Crippen molar-refractivity contribution < 1.29 is 19.9 Å². The number of amides is 1. The summed E-state index contributed by atoms with van der Waals surface area (Å²) in [5, 5.41) is 30.7. The maximum atomic E-state index is 11.5. The highest BCUT2D eigenvalue weighted by molar-refractivity contribution is 5.79. The number of nitrogens with zero attached hydrogens (tertiary/aromatic N) is 1. The Morgan fingerprint density at radius 1 is 1.44 bits per heavy atom. The van der Waals surface area contributed by atoms with Crippen molar-refractivity contribution in [3.05, 3.63) is 39.9 Å². The van der Waals surface area contributed by atoms with Crippen LogP contribution in [-0.4, -0.2) is 40.3 Å². The first-order valence-electron chi connectivity index (χ1n) is 5.32. The summed E-state index contributed by atoms with van der Waals surface area (Å²) in [6, 6.07) is 5.96. The van der Waals surface area contributed by atoms with Gasteiger partial charge in [-0.15, -0.1) is 0 Å². The molecule has 0 bridgehead atoms. The Labute approximate surface area is 103 Å². The Morgan fingerprint density at radius 2 is 2.11 bits per heavy atom. The molecule has 0 aliphatic heterocycles. The number of rotatable bonds is 6. The van der Waals surface area contributed by atoms with E-state index in [0.29, 0.717) is 5.56 Å². The van der Waals surface area contributed by atoms with Gasteiger partial charge in [-0.25, -0.2) is 0 Å². The molecule has 0 saturated heterocycles. The number of nitrogens with one attached hydrogen (secondary N) is 1. The van der Waals surface area contributed by atoms with Crippen molar-refractivity contribution in [1.29, 1.82) is 0 Å². The van der Waals surface area contributed by atoms with E-state index in [0.717, 1.165) is 0 Å². The second kappa shape index (κ2) is 6.67. The molecule has 1 rings (SSSR count). The number of hydrogen-bond acceptors (Lipinski definition) is 5. The number of nitro benzene ring substituents is 1. The molecule has 0 spiro atoms. The SMILES string of the molecule is O=C(Cc1ccccc1[N+](=O)[O-])NCC(O)CO. The van der Waals surface area contributed by atoms with E-state index in [4.69, 9.17) is 10.2 Å². The highest BCUT2D eigenvalue weighted by atomic mass is 16.6. The molecule has 98 valence electrons. The molecule has 0 radical (unpaired) electrons. The first-order valence-corrected chi connectivity index (χ1v) is 5.32. The van der Waals surface area contributed by atoms with Gasteiger partial charge in [-0.3, -0.25) is 14.9 Å². The van der Waals surface area contributed by atoms with Crippen molar-refractivity contribution in [2.45, 2.75) is 12.5 Å². The van der Waals surface area contributed by atoms with Crippen LogP contribution in [0.4, 0.5) is 5.69 Å². The van der Waals surface area contributed by atoms with Crippen LogP contribution in [0.5, 0.6) is 0 Å². The van der Waals surface area contributed by atoms with Gasteiger partial charge in [0, 0.05) is 18.2 Å². The standard InChI is InChI=1S/C11H14N2O5/c14-7-9(15)6-12-11(16)5-8-3-1-2-4-10(8)13(17)18/h1-4,9,14-15H,5-7H2,(H,12,16). The lowest BCUT2D eigenvalue weighted by Gasteiger charge is -2.09. The molecule has 0 aliphatic carbocycles. The van der Waals surface area contributed by atoms with Crippen LogP contribution in [0.15, 0.2) is 24.3 Å². The first kappa shape index (κ1) is 14.1. The van der Waals surface area contributed by atoms with Gasteiger partial charge in [-0.1, -0.05) is 18.2 Å². The predicted molar refractivity (Wildman–Crippen MR) is 62.9 cm³/mol. The molecule has 0 heterocycles. The summed E-state index contributed by atoms with van der Waals surface area (Å²) in [6.45, 7) is -0.540. The van der Waals surface area contributed by atoms with Gasteiger partial charge in [0.15, 0.2) is 0 Å². The molecule has 0 saturated carbocycles. The van der Waals surface area contributed by atoms with E-state index in [1.54, 1.807) is 6.07 Å². The zero-order valence-corrected chi connectivity index (χ0v) is 9.57. The minimum atomic E-state index is -1.03. The highest BCUT2D eigenvalue weighted by Crippen LogP contribution is 2.17. The molecule has 7 nitrogen and oxygen atoms in total. The van der Waals surface area contributed by atoms with Crippen LogP contribution in [-0.2, 0) is 11.2 Å². The summed E-state index contributed by atoms with van der Waals surface area (Å²) in [7, 11) is 0. The van der Waals surface area contributed by atoms with Gasteiger partial charge >= 0.3 is 0 Å². The normalized spacial score (nSPS) is 11.9. The third-order valence-corrected chi connectivity index (χ3v) is 2.28. The number of aliphatic hydroxyl groups excluding tert-OH is 2. The molecule has 0 fully saturated rings. The number of carbonyl (C=O) groups excluding carboxylic acids is 1. The van der Waals surface area contributed by atoms with Crippen molar-refractivity contribution >= 4 is 11.6 Å². The average Bonchev–Trinajstić information content (AvgIpc) is 2.36. The van der Waals surface area contributed by atoms with Crippen LogP contribution in [0.1, 0.15) is 5.56 Å². The van der Waals surface area contributed by atoms with E-state index in [1.165, 1.54) is 18.2 Å². The van der Waals surface area contributed by atoms with E-state index in [2.05, 4.69) is 5.32 Å². The number of aliphatic hydroxyl groups is 2. The molecule has 1 unspecified atom stereocenters. The molecule has 1 atom stereocenters. The molecular weight excluding hydrogens is 240 g/mol. The molecule has 1 amide bonds. The molecular formula is C11H14N2O5. The van der Waals surface area contributed by atoms with Crippen molar-refractivity contribution in [2.75, 3.05) is 13.2 Å². The van der Waals surface area contributed by atoms with Gasteiger partial charge in [0.2, 0.25) is 5.91 Å². The van der Waals surface area contributed by atoms with Crippen LogP contribution < -0.4 is 5.32 Å². The summed E-state index contributed by atoms with van der Waals surface area (Å²) in [6.07, 6.45) is -1.17. The Hall–Kier alpha value is -1.99. The zero-order valence-electron chi connectivity index (χ0n) is 9.57. The summed E-state index contributed by atoms with van der Waals surface area (Å²) >= 11 is 0. The van der Waals surface area contributed by atoms with Crippen LogP contribution in [0.3, 0.4) is 0 Å². The minimum absolute atomic E-state index is 0.0873. The molecule has 0 aromatic heterocycles. The number of nitro groups is 1. The summed E-state index contributed by atoms with van der Waals surface area (Å²) in [4.78, 5) is 21.6. The fraction of sp³-hybridized carbons (Fsp3) is 0.364. The number of hydrogen-bond donors (Lipinski definition) is 3. The molecule has 0 aliphatic rings. The highest BCUT2D eigenvalue weighted by Gasteiger charge is 2.15. The second-order valence-electron chi connectivity index (χ2n) is 3.70. The van der Waals surface area contributed by atoms with E-state index in [1.807, 2.05) is 0 Å². The monoisotopic (exact) mass is 254 g/mol. The largest absolute Gasteiger partial charge is 0.394 e. The van der Waals surface area contributed by atoms with Gasteiger partial charge in [0.1, 0.15) is 0 Å². The van der Waals surface area contributed by atoms with Crippen LogP contribution in [0.2, 0.25) is 0 Å². The van der Waals surface area contributed by atoms with Crippen molar-refractivity contribution in [1.82, 2.24) is 5.32 Å². The van der Waals surface area contributed by atoms with Crippen LogP contribution >= 0.6 is 0 Å². The Morgan fingerprint density at radius 3 is 2.72 bits per heavy atom. The van der Waals surface area contributed by atoms with E-state index in [-0.39, 0.29) is 18.7 Å². The summed E-state index contributed by atoms with van der Waals surface area (Å²) in [5.41, 5.74) is 0.189. The van der Waals surface area contributed by atoms with Crippen molar-refractivity contribution in [3.8, 4) is 0 Å². The van der Waals surface area contributed by atoms with Gasteiger partial charge in [-0.05, 0) is 0 Å². The van der Waals surface area contributed by atoms with Crippen LogP contribution in [0.25, 0.3) is 0 Å². The molecule has 7 heteroatoms. The average molecular weight is 254 g/mol. The summed E-state index contributed by atoms with van der Waals surface area (Å²) < 4.78 is 0. The van der Waals surface area contributed by atoms with E-state index < -0.39 is 23.5 Å². The Bertz CT molecular complexity index is 435. The third-order valence-electron chi connectivity index (χ3n) is 2.28. The predicted octanol–water partition coefficient (Wildman–Crippen LogP) is -0.393.